The second-order valence-corrected chi connectivity index (χ2v) is 6.22. The molecule has 0 spiro atoms. The van der Waals surface area contributed by atoms with Crippen LogP contribution < -0.4 is 5.32 Å². The topological polar surface area (TPSA) is 68.8 Å². The van der Waals surface area contributed by atoms with Gasteiger partial charge in [-0.15, -0.1) is 0 Å². The lowest BCUT2D eigenvalue weighted by Crippen LogP contribution is -2.43. The van der Waals surface area contributed by atoms with Crippen molar-refractivity contribution in [2.24, 2.45) is 0 Å². The van der Waals surface area contributed by atoms with Gasteiger partial charge in [0.15, 0.2) is 5.82 Å². The maximum atomic E-state index is 5.94. The van der Waals surface area contributed by atoms with Gasteiger partial charge in [0.25, 0.3) is 0 Å². The van der Waals surface area contributed by atoms with Crippen LogP contribution in [0.3, 0.4) is 0 Å². The highest BCUT2D eigenvalue weighted by molar-refractivity contribution is 6.30. The van der Waals surface area contributed by atoms with Crippen LogP contribution in [0.5, 0.6) is 0 Å². The molecule has 1 N–H and O–H groups in total. The molecule has 2 aromatic heterocycles. The summed E-state index contributed by atoms with van der Waals surface area (Å²) in [5, 5.41) is 12.6. The van der Waals surface area contributed by atoms with Gasteiger partial charge >= 0.3 is 0 Å². The van der Waals surface area contributed by atoms with E-state index < -0.39 is 0 Å². The molecule has 2 heterocycles. The van der Waals surface area contributed by atoms with Gasteiger partial charge in [0.1, 0.15) is 12.1 Å². The lowest BCUT2D eigenvalue weighted by atomic mass is 9.76. The minimum atomic E-state index is -0.250. The van der Waals surface area contributed by atoms with Gasteiger partial charge in [-0.25, -0.2) is 0 Å². The van der Waals surface area contributed by atoms with Gasteiger partial charge in [-0.05, 0) is 49.6 Å². The number of hydrogen-bond donors (Lipinski definition) is 1. The number of benzene rings is 1. The molecule has 0 amide bonds. The normalized spacial score (nSPS) is 16.0. The highest BCUT2D eigenvalue weighted by Crippen LogP contribution is 2.42. The zero-order chi connectivity index (χ0) is 15.7. The third-order valence-electron chi connectivity index (χ3n) is 4.19. The van der Waals surface area contributed by atoms with E-state index in [0.29, 0.717) is 18.3 Å². The van der Waals surface area contributed by atoms with Gasteiger partial charge in [-0.2, -0.15) is 10.1 Å². The zero-order valence-corrected chi connectivity index (χ0v) is 13.2. The Morgan fingerprint density at radius 3 is 2.74 bits per heavy atom. The van der Waals surface area contributed by atoms with Crippen LogP contribution in [0.2, 0.25) is 5.02 Å². The molecule has 0 atom stereocenters. The lowest BCUT2D eigenvalue weighted by Gasteiger charge is -2.40. The number of nitrogens with one attached hydrogen (secondary N) is 1. The van der Waals surface area contributed by atoms with Gasteiger partial charge < -0.3 is 9.84 Å². The molecule has 23 heavy (non-hydrogen) atoms. The van der Waals surface area contributed by atoms with Crippen molar-refractivity contribution in [3.8, 4) is 0 Å². The molecular formula is C16H16ClN5O. The zero-order valence-electron chi connectivity index (χ0n) is 12.4. The van der Waals surface area contributed by atoms with E-state index in [9.17, 15) is 0 Å². The summed E-state index contributed by atoms with van der Waals surface area (Å²) in [6.45, 7) is 0.483. The summed E-state index contributed by atoms with van der Waals surface area (Å²) >= 11 is 5.94. The number of anilines is 1. The van der Waals surface area contributed by atoms with Crippen molar-refractivity contribution >= 4 is 17.3 Å². The van der Waals surface area contributed by atoms with Crippen LogP contribution in [0.4, 0.5) is 5.69 Å². The summed E-state index contributed by atoms with van der Waals surface area (Å²) in [4.78, 5) is 4.57. The van der Waals surface area contributed by atoms with Gasteiger partial charge in [-0.1, -0.05) is 16.8 Å². The summed E-state index contributed by atoms with van der Waals surface area (Å²) in [6, 6.07) is 9.54. The third kappa shape index (κ3) is 2.82. The molecule has 0 aliphatic heterocycles. The monoisotopic (exact) mass is 329 g/mol. The predicted octanol–water partition coefficient (Wildman–Crippen LogP) is 3.46. The Morgan fingerprint density at radius 2 is 2.09 bits per heavy atom. The number of halogens is 1. The van der Waals surface area contributed by atoms with E-state index >= 15 is 0 Å². The van der Waals surface area contributed by atoms with Gasteiger partial charge in [-0.3, -0.25) is 4.68 Å². The summed E-state index contributed by atoms with van der Waals surface area (Å²) in [6.07, 6.45) is 6.71. The van der Waals surface area contributed by atoms with Crippen LogP contribution in [0.15, 0.2) is 47.2 Å². The number of rotatable bonds is 5. The molecule has 3 aromatic rings. The second kappa shape index (κ2) is 5.70. The predicted molar refractivity (Wildman–Crippen MR) is 86.2 cm³/mol. The average molecular weight is 330 g/mol. The molecule has 118 valence electrons. The quantitative estimate of drug-likeness (QED) is 0.776. The molecule has 0 saturated heterocycles. The average Bonchev–Trinajstić information content (AvgIpc) is 3.18. The molecule has 0 bridgehead atoms. The van der Waals surface area contributed by atoms with Crippen LogP contribution in [0.1, 0.15) is 31.0 Å². The van der Waals surface area contributed by atoms with Gasteiger partial charge in [0.2, 0.25) is 5.89 Å². The lowest BCUT2D eigenvalue weighted by molar-refractivity contribution is 0.256. The van der Waals surface area contributed by atoms with Crippen LogP contribution in [0.25, 0.3) is 0 Å². The first-order chi connectivity index (χ1) is 11.2. The highest BCUT2D eigenvalue weighted by atomic mass is 35.5. The fourth-order valence-electron chi connectivity index (χ4n) is 2.79. The van der Waals surface area contributed by atoms with E-state index in [2.05, 4.69) is 20.6 Å². The SMILES string of the molecule is Clc1ccc(NC2(c3noc(Cn4cccn4)n3)CCC2)cc1. The van der Waals surface area contributed by atoms with E-state index in [1.807, 2.05) is 36.5 Å². The van der Waals surface area contributed by atoms with Gasteiger partial charge in [0, 0.05) is 23.1 Å². The van der Waals surface area contributed by atoms with E-state index in [-0.39, 0.29) is 5.54 Å². The molecule has 1 aliphatic rings. The highest BCUT2D eigenvalue weighted by Gasteiger charge is 2.43. The van der Waals surface area contributed by atoms with Crippen molar-refractivity contribution in [3.05, 3.63) is 59.5 Å². The first-order valence-electron chi connectivity index (χ1n) is 7.58. The largest absolute Gasteiger partial charge is 0.372 e. The maximum absolute atomic E-state index is 5.94. The number of aromatic nitrogens is 4. The van der Waals surface area contributed by atoms with Crippen molar-refractivity contribution in [1.29, 1.82) is 0 Å². The van der Waals surface area contributed by atoms with Crippen LogP contribution in [-0.4, -0.2) is 19.9 Å². The summed E-state index contributed by atoms with van der Waals surface area (Å²) in [7, 11) is 0. The van der Waals surface area contributed by atoms with E-state index in [4.69, 9.17) is 16.1 Å². The fraction of sp³-hybridized carbons (Fsp3) is 0.312. The Kier molecular flexibility index (Phi) is 3.53. The van der Waals surface area contributed by atoms with Crippen molar-refractivity contribution < 1.29 is 4.52 Å². The third-order valence-corrected chi connectivity index (χ3v) is 4.44. The van der Waals surface area contributed by atoms with Crippen molar-refractivity contribution in [2.75, 3.05) is 5.32 Å². The molecule has 4 rings (SSSR count). The van der Waals surface area contributed by atoms with Crippen LogP contribution in [-0.2, 0) is 12.1 Å². The summed E-state index contributed by atoms with van der Waals surface area (Å²) < 4.78 is 7.15. The maximum Gasteiger partial charge on any atom is 0.248 e. The minimum Gasteiger partial charge on any atom is -0.372 e. The molecule has 0 radical (unpaired) electrons. The molecule has 1 saturated carbocycles. The molecular weight excluding hydrogens is 314 g/mol. The Morgan fingerprint density at radius 1 is 1.26 bits per heavy atom. The first kappa shape index (κ1) is 14.3. The van der Waals surface area contributed by atoms with Gasteiger partial charge in [0.05, 0.1) is 0 Å². The molecule has 1 fully saturated rings. The molecule has 1 aliphatic carbocycles. The molecule has 7 heteroatoms. The second-order valence-electron chi connectivity index (χ2n) is 5.78. The van der Waals surface area contributed by atoms with Crippen LogP contribution in [0, 0.1) is 0 Å². The Labute approximate surface area is 138 Å². The number of hydrogen-bond acceptors (Lipinski definition) is 5. The van der Waals surface area contributed by atoms with Crippen LogP contribution >= 0.6 is 11.6 Å². The van der Waals surface area contributed by atoms with Crippen molar-refractivity contribution in [2.45, 2.75) is 31.3 Å². The fourth-order valence-corrected chi connectivity index (χ4v) is 2.92. The minimum absolute atomic E-state index is 0.250. The Balaban J connectivity index is 1.54. The first-order valence-corrected chi connectivity index (χ1v) is 7.96. The molecule has 0 unspecified atom stereocenters. The number of nitrogens with zero attached hydrogens (tertiary/aromatic N) is 4. The smallest absolute Gasteiger partial charge is 0.248 e. The summed E-state index contributed by atoms with van der Waals surface area (Å²) in [5.41, 5.74) is 0.757. The van der Waals surface area contributed by atoms with E-state index in [1.54, 1.807) is 10.9 Å². The Bertz CT molecular complexity index is 777. The molecule has 1 aromatic carbocycles. The van der Waals surface area contributed by atoms with E-state index in [0.717, 1.165) is 30.0 Å². The standard InChI is InChI=1S/C16H16ClN5O/c17-12-3-5-13(6-4-12)20-16(7-1-8-16)15-19-14(23-21-15)11-22-10-2-9-18-22/h2-6,9-10,20H,1,7-8,11H2. The van der Waals surface area contributed by atoms with E-state index in [1.165, 1.54) is 0 Å². The Hall–Kier alpha value is -2.34. The molecule has 6 nitrogen and oxygen atoms in total. The van der Waals surface area contributed by atoms with Crippen molar-refractivity contribution in [3.63, 3.8) is 0 Å². The van der Waals surface area contributed by atoms with Crippen molar-refractivity contribution in [1.82, 2.24) is 19.9 Å². The summed E-state index contributed by atoms with van der Waals surface area (Å²) in [5.74, 6) is 1.27.